The SMILES string of the molecule is CCCCCCCCCCCCCCCC[Si](OC)(OC)OC.CCO[SiH3]. The molecule has 0 spiro atoms. The number of unbranched alkanes of at least 4 members (excludes halogenated alkanes) is 13. The first-order valence-electron chi connectivity index (χ1n) is 11.3. The van der Waals surface area contributed by atoms with Crippen LogP contribution in [0.1, 0.15) is 104 Å². The molecule has 0 bridgehead atoms. The molecule has 0 radical (unpaired) electrons. The summed E-state index contributed by atoms with van der Waals surface area (Å²) < 4.78 is 21.0. The first-order chi connectivity index (χ1) is 13.2. The first kappa shape index (κ1) is 29.5. The smallest absolute Gasteiger partial charge is 0.428 e. The highest BCUT2D eigenvalue weighted by molar-refractivity contribution is 6.60. The van der Waals surface area contributed by atoms with E-state index in [0.717, 1.165) is 29.6 Å². The molecule has 0 unspecified atom stereocenters. The van der Waals surface area contributed by atoms with Crippen LogP contribution in [0.2, 0.25) is 6.04 Å². The minimum atomic E-state index is -2.32. The van der Waals surface area contributed by atoms with Gasteiger partial charge >= 0.3 is 8.80 Å². The van der Waals surface area contributed by atoms with E-state index < -0.39 is 8.80 Å². The van der Waals surface area contributed by atoms with Gasteiger partial charge in [0.25, 0.3) is 0 Å². The minimum absolute atomic E-state index is 0.881. The topological polar surface area (TPSA) is 36.9 Å². The third-order valence-electron chi connectivity index (χ3n) is 5.06. The summed E-state index contributed by atoms with van der Waals surface area (Å²) in [6.07, 6.45) is 19.4. The monoisotopic (exact) mass is 422 g/mol. The van der Waals surface area contributed by atoms with Crippen molar-refractivity contribution in [3.8, 4) is 0 Å². The van der Waals surface area contributed by atoms with Crippen molar-refractivity contribution in [2.75, 3.05) is 27.9 Å². The molecule has 4 nitrogen and oxygen atoms in total. The number of hydrogen-bond donors (Lipinski definition) is 0. The molecule has 0 aliphatic rings. The number of hydrogen-bond acceptors (Lipinski definition) is 4. The largest absolute Gasteiger partial charge is 0.500 e. The Balaban J connectivity index is 0. The molecule has 0 aromatic rings. The molecule has 0 amide bonds. The van der Waals surface area contributed by atoms with E-state index in [9.17, 15) is 0 Å². The van der Waals surface area contributed by atoms with Crippen molar-refractivity contribution < 1.29 is 17.7 Å². The fraction of sp³-hybridized carbons (Fsp3) is 1.00. The molecular formula is C21H50O4Si2. The van der Waals surface area contributed by atoms with Gasteiger partial charge in [-0.25, -0.2) is 0 Å². The average Bonchev–Trinajstić information content (AvgIpc) is 2.72. The van der Waals surface area contributed by atoms with Crippen LogP contribution in [0.3, 0.4) is 0 Å². The molecule has 0 aliphatic heterocycles. The molecular weight excluding hydrogens is 372 g/mol. The van der Waals surface area contributed by atoms with Gasteiger partial charge in [0.1, 0.15) is 10.5 Å². The lowest BCUT2D eigenvalue weighted by Crippen LogP contribution is -2.42. The third-order valence-corrected chi connectivity index (χ3v) is 8.47. The molecule has 0 aliphatic carbocycles. The van der Waals surface area contributed by atoms with Gasteiger partial charge in [0, 0.05) is 34.0 Å². The zero-order valence-electron chi connectivity index (χ0n) is 19.4. The van der Waals surface area contributed by atoms with E-state index in [1.165, 1.54) is 83.5 Å². The predicted octanol–water partition coefficient (Wildman–Crippen LogP) is 5.65. The van der Waals surface area contributed by atoms with Crippen molar-refractivity contribution in [3.05, 3.63) is 0 Å². The molecule has 0 N–H and O–H groups in total. The zero-order valence-corrected chi connectivity index (χ0v) is 22.4. The van der Waals surface area contributed by atoms with Crippen molar-refractivity contribution in [3.63, 3.8) is 0 Å². The van der Waals surface area contributed by atoms with E-state index in [4.69, 9.17) is 13.3 Å². The Labute approximate surface area is 175 Å². The highest BCUT2D eigenvalue weighted by atomic mass is 28.4. The van der Waals surface area contributed by atoms with Crippen LogP contribution >= 0.6 is 0 Å². The van der Waals surface area contributed by atoms with Gasteiger partial charge in [0.05, 0.1) is 0 Å². The second-order valence-electron chi connectivity index (χ2n) is 7.22. The Bertz CT molecular complexity index is 254. The van der Waals surface area contributed by atoms with Crippen molar-refractivity contribution in [2.45, 2.75) is 110 Å². The van der Waals surface area contributed by atoms with Crippen LogP contribution in [0, 0.1) is 0 Å². The second kappa shape index (κ2) is 24.3. The van der Waals surface area contributed by atoms with E-state index in [-0.39, 0.29) is 0 Å². The van der Waals surface area contributed by atoms with E-state index in [1.807, 2.05) is 6.92 Å². The summed E-state index contributed by atoms with van der Waals surface area (Å²) >= 11 is 0. The summed E-state index contributed by atoms with van der Waals surface area (Å²) in [5.41, 5.74) is 0. The van der Waals surface area contributed by atoms with Crippen molar-refractivity contribution in [2.24, 2.45) is 0 Å². The normalized spacial score (nSPS) is 11.4. The van der Waals surface area contributed by atoms with Gasteiger partial charge in [0.2, 0.25) is 0 Å². The minimum Gasteiger partial charge on any atom is -0.428 e. The highest BCUT2D eigenvalue weighted by Gasteiger charge is 2.36. The van der Waals surface area contributed by atoms with E-state index in [0.29, 0.717) is 0 Å². The Kier molecular flexibility index (Phi) is 26.5. The summed E-state index contributed by atoms with van der Waals surface area (Å²) in [6.45, 7) is 5.16. The lowest BCUT2D eigenvalue weighted by molar-refractivity contribution is 0.122. The summed E-state index contributed by atoms with van der Waals surface area (Å²) in [5, 5.41) is 0. The standard InChI is InChI=1S/C19H42O3Si.C2H8OSi/c1-5-6-7-8-9-10-11-12-13-14-15-16-17-18-19-23(20-2,21-3)22-4;1-2-3-4/h5-19H2,1-4H3;2H2,1,4H3. The van der Waals surface area contributed by atoms with Crippen LogP contribution in [-0.4, -0.2) is 47.2 Å². The Morgan fingerprint density at radius 2 is 0.852 bits per heavy atom. The predicted molar refractivity (Wildman–Crippen MR) is 123 cm³/mol. The summed E-state index contributed by atoms with van der Waals surface area (Å²) in [6, 6.07) is 0.939. The molecule has 0 rings (SSSR count). The van der Waals surface area contributed by atoms with Gasteiger partial charge in [-0.15, -0.1) is 0 Å². The fourth-order valence-electron chi connectivity index (χ4n) is 3.09. The fourth-order valence-corrected chi connectivity index (χ4v) is 4.89. The second-order valence-corrected chi connectivity index (χ2v) is 10.9. The molecule has 6 heteroatoms. The lowest BCUT2D eigenvalue weighted by Gasteiger charge is -2.24. The maximum atomic E-state index is 5.44. The molecule has 27 heavy (non-hydrogen) atoms. The maximum absolute atomic E-state index is 5.44. The number of rotatable bonds is 19. The molecule has 0 saturated carbocycles. The molecule has 0 atom stereocenters. The van der Waals surface area contributed by atoms with Gasteiger partial charge in [-0.3, -0.25) is 0 Å². The van der Waals surface area contributed by atoms with Crippen LogP contribution in [0.4, 0.5) is 0 Å². The Morgan fingerprint density at radius 1 is 0.556 bits per heavy atom. The van der Waals surface area contributed by atoms with Crippen molar-refractivity contribution >= 4 is 19.3 Å². The zero-order chi connectivity index (χ0) is 20.6. The van der Waals surface area contributed by atoms with Gasteiger partial charge in [-0.05, 0) is 13.3 Å². The van der Waals surface area contributed by atoms with Gasteiger partial charge in [-0.1, -0.05) is 90.4 Å². The quantitative estimate of drug-likeness (QED) is 0.199. The van der Waals surface area contributed by atoms with Gasteiger partial charge in [-0.2, -0.15) is 0 Å². The molecule has 0 aromatic carbocycles. The molecule has 166 valence electrons. The van der Waals surface area contributed by atoms with E-state index in [1.54, 1.807) is 21.3 Å². The van der Waals surface area contributed by atoms with E-state index in [2.05, 4.69) is 11.3 Å². The van der Waals surface area contributed by atoms with Crippen LogP contribution in [0.25, 0.3) is 0 Å². The summed E-state index contributed by atoms with van der Waals surface area (Å²) in [5.74, 6) is 0. The van der Waals surface area contributed by atoms with Crippen molar-refractivity contribution in [1.82, 2.24) is 0 Å². The maximum Gasteiger partial charge on any atom is 0.500 e. The third kappa shape index (κ3) is 20.8. The Morgan fingerprint density at radius 3 is 1.11 bits per heavy atom. The Hall–Kier alpha value is 0.274. The molecule has 0 fully saturated rings. The van der Waals surface area contributed by atoms with E-state index >= 15 is 0 Å². The van der Waals surface area contributed by atoms with Crippen molar-refractivity contribution in [1.29, 1.82) is 0 Å². The summed E-state index contributed by atoms with van der Waals surface area (Å²) in [7, 11) is 3.66. The molecule has 0 heterocycles. The average molecular weight is 423 g/mol. The van der Waals surface area contributed by atoms with Crippen LogP contribution in [0.5, 0.6) is 0 Å². The first-order valence-corrected chi connectivity index (χ1v) is 14.1. The molecule has 0 saturated heterocycles. The van der Waals surface area contributed by atoms with Crippen LogP contribution in [-0.2, 0) is 17.7 Å². The summed E-state index contributed by atoms with van der Waals surface area (Å²) in [4.78, 5) is 0. The van der Waals surface area contributed by atoms with Gasteiger partial charge in [0.15, 0.2) is 0 Å². The highest BCUT2D eigenvalue weighted by Crippen LogP contribution is 2.18. The van der Waals surface area contributed by atoms with Crippen LogP contribution in [0.15, 0.2) is 0 Å². The molecule has 0 aromatic heterocycles. The lowest BCUT2D eigenvalue weighted by atomic mass is 10.0. The van der Waals surface area contributed by atoms with Gasteiger partial charge < -0.3 is 17.7 Å². The van der Waals surface area contributed by atoms with Crippen LogP contribution < -0.4 is 0 Å².